The van der Waals surface area contributed by atoms with Crippen molar-refractivity contribution in [3.05, 3.63) is 65.5 Å². The Morgan fingerprint density at radius 3 is 2.45 bits per heavy atom. The van der Waals surface area contributed by atoms with Gasteiger partial charge in [0.2, 0.25) is 5.91 Å². The van der Waals surface area contributed by atoms with Crippen molar-refractivity contribution in [3.63, 3.8) is 0 Å². The number of carbonyl (C=O) groups is 2. The van der Waals surface area contributed by atoms with Crippen molar-refractivity contribution >= 4 is 17.5 Å². The molecule has 6 heteroatoms. The SMILES string of the molecule is O=C(C1CCCCC1)N1C[C@@H]2[C@H](c3ccccc31)[C@@H](CO)N2C(=O)c1ccccc1F. The van der Waals surface area contributed by atoms with Crippen LogP contribution in [0.25, 0.3) is 0 Å². The fourth-order valence-electron chi connectivity index (χ4n) is 5.72. The van der Waals surface area contributed by atoms with Gasteiger partial charge in [0.15, 0.2) is 0 Å². The van der Waals surface area contributed by atoms with Gasteiger partial charge >= 0.3 is 0 Å². The van der Waals surface area contributed by atoms with E-state index < -0.39 is 17.8 Å². The number of carbonyl (C=O) groups excluding carboxylic acids is 2. The Balaban J connectivity index is 1.50. The Bertz CT molecular complexity index is 1000. The molecule has 162 valence electrons. The van der Waals surface area contributed by atoms with Crippen LogP contribution in [0.2, 0.25) is 0 Å². The molecule has 2 aromatic rings. The third-order valence-electron chi connectivity index (χ3n) is 7.25. The third-order valence-corrected chi connectivity index (χ3v) is 7.25. The van der Waals surface area contributed by atoms with Crippen LogP contribution in [0.3, 0.4) is 0 Å². The van der Waals surface area contributed by atoms with Crippen LogP contribution in [0.15, 0.2) is 48.5 Å². The summed E-state index contributed by atoms with van der Waals surface area (Å²) in [5.41, 5.74) is 1.87. The third kappa shape index (κ3) is 3.24. The molecular formula is C25H27FN2O3. The molecule has 3 aliphatic rings. The predicted octanol–water partition coefficient (Wildman–Crippen LogP) is 3.72. The molecule has 2 aliphatic heterocycles. The normalized spacial score (nSPS) is 25.4. The number of aliphatic hydroxyl groups excluding tert-OH is 1. The zero-order valence-corrected chi connectivity index (χ0v) is 17.4. The summed E-state index contributed by atoms with van der Waals surface area (Å²) in [6, 6.07) is 13.0. The molecule has 5 rings (SSSR count). The van der Waals surface area contributed by atoms with Gasteiger partial charge in [-0.25, -0.2) is 4.39 Å². The Morgan fingerprint density at radius 2 is 1.71 bits per heavy atom. The van der Waals surface area contributed by atoms with Gasteiger partial charge in [0.1, 0.15) is 5.82 Å². The minimum atomic E-state index is -0.570. The maximum absolute atomic E-state index is 14.3. The molecule has 0 aromatic heterocycles. The second-order valence-electron chi connectivity index (χ2n) is 8.88. The number of nitrogens with zero attached hydrogens (tertiary/aromatic N) is 2. The van der Waals surface area contributed by atoms with Crippen molar-refractivity contribution in [1.82, 2.24) is 4.90 Å². The number of halogens is 1. The van der Waals surface area contributed by atoms with E-state index >= 15 is 0 Å². The first-order chi connectivity index (χ1) is 15.1. The van der Waals surface area contributed by atoms with E-state index in [0.717, 1.165) is 36.9 Å². The van der Waals surface area contributed by atoms with Crippen LogP contribution in [0.4, 0.5) is 10.1 Å². The quantitative estimate of drug-likeness (QED) is 0.820. The lowest BCUT2D eigenvalue weighted by atomic mass is 9.71. The zero-order chi connectivity index (χ0) is 21.5. The van der Waals surface area contributed by atoms with Gasteiger partial charge in [0, 0.05) is 24.1 Å². The van der Waals surface area contributed by atoms with Crippen molar-refractivity contribution in [1.29, 1.82) is 0 Å². The monoisotopic (exact) mass is 422 g/mol. The molecule has 2 aromatic carbocycles. The molecule has 2 amide bonds. The summed E-state index contributed by atoms with van der Waals surface area (Å²) in [6.45, 7) is 0.181. The molecule has 0 unspecified atom stereocenters. The molecule has 1 saturated carbocycles. The van der Waals surface area contributed by atoms with Gasteiger partial charge in [-0.2, -0.15) is 0 Å². The van der Waals surface area contributed by atoms with E-state index in [9.17, 15) is 19.1 Å². The Hall–Kier alpha value is -2.73. The number of benzene rings is 2. The number of amides is 2. The van der Waals surface area contributed by atoms with Gasteiger partial charge in [-0.1, -0.05) is 49.6 Å². The van der Waals surface area contributed by atoms with Crippen LogP contribution in [-0.2, 0) is 4.79 Å². The molecule has 1 aliphatic carbocycles. The van der Waals surface area contributed by atoms with Crippen LogP contribution < -0.4 is 4.90 Å². The van der Waals surface area contributed by atoms with E-state index in [-0.39, 0.29) is 36.0 Å². The summed E-state index contributed by atoms with van der Waals surface area (Å²) >= 11 is 0. The number of likely N-dealkylation sites (tertiary alicyclic amines) is 1. The van der Waals surface area contributed by atoms with E-state index in [1.165, 1.54) is 18.6 Å². The molecule has 31 heavy (non-hydrogen) atoms. The number of para-hydroxylation sites is 1. The highest BCUT2D eigenvalue weighted by molar-refractivity contribution is 5.99. The summed E-state index contributed by atoms with van der Waals surface area (Å²) in [7, 11) is 0. The van der Waals surface area contributed by atoms with Crippen molar-refractivity contribution in [3.8, 4) is 0 Å². The Kier molecular flexibility index (Phi) is 5.26. The molecule has 2 fully saturated rings. The van der Waals surface area contributed by atoms with Crippen molar-refractivity contribution < 1.29 is 19.1 Å². The molecule has 1 saturated heterocycles. The van der Waals surface area contributed by atoms with Gasteiger partial charge in [-0.15, -0.1) is 0 Å². The van der Waals surface area contributed by atoms with Crippen molar-refractivity contribution in [2.75, 3.05) is 18.1 Å². The lowest BCUT2D eigenvalue weighted by Gasteiger charge is -2.59. The molecule has 3 atom stereocenters. The van der Waals surface area contributed by atoms with E-state index in [1.807, 2.05) is 29.2 Å². The molecular weight excluding hydrogens is 395 g/mol. The summed E-state index contributed by atoms with van der Waals surface area (Å²) < 4.78 is 14.3. The van der Waals surface area contributed by atoms with Crippen molar-refractivity contribution in [2.24, 2.45) is 5.92 Å². The van der Waals surface area contributed by atoms with Crippen molar-refractivity contribution in [2.45, 2.75) is 50.1 Å². The molecule has 0 radical (unpaired) electrons. The van der Waals surface area contributed by atoms with Gasteiger partial charge in [-0.3, -0.25) is 9.59 Å². The first-order valence-corrected chi connectivity index (χ1v) is 11.2. The number of aliphatic hydroxyl groups is 1. The standard InChI is InChI=1S/C25H27FN2O3/c26-19-12-6-4-10-17(19)25(31)28-21-14-27(24(30)16-8-2-1-3-9-16)20-13-7-5-11-18(20)23(21)22(28)15-29/h4-7,10-13,16,21-23,29H,1-3,8-9,14-15H2/t21-,22-,23+/m1/s1. The van der Waals surface area contributed by atoms with Gasteiger partial charge in [0.05, 0.1) is 24.3 Å². The number of hydrogen-bond donors (Lipinski definition) is 1. The number of anilines is 1. The van der Waals surface area contributed by atoms with Gasteiger partial charge in [-0.05, 0) is 36.6 Å². The zero-order valence-electron chi connectivity index (χ0n) is 17.4. The van der Waals surface area contributed by atoms with E-state index in [4.69, 9.17) is 0 Å². The summed E-state index contributed by atoms with van der Waals surface area (Å²) in [6.07, 6.45) is 5.13. The first-order valence-electron chi connectivity index (χ1n) is 11.2. The average Bonchev–Trinajstić information content (AvgIpc) is 2.79. The summed E-state index contributed by atoms with van der Waals surface area (Å²) in [5.74, 6) is -0.923. The fourth-order valence-corrected chi connectivity index (χ4v) is 5.72. The molecule has 5 nitrogen and oxygen atoms in total. The lowest BCUT2D eigenvalue weighted by Crippen LogP contribution is -2.71. The number of fused-ring (bicyclic) bond motifs is 3. The topological polar surface area (TPSA) is 60.9 Å². The Labute approximate surface area is 181 Å². The van der Waals surface area contributed by atoms with Crippen LogP contribution in [-0.4, -0.2) is 47.1 Å². The lowest BCUT2D eigenvalue weighted by molar-refractivity contribution is -0.124. The average molecular weight is 423 g/mol. The largest absolute Gasteiger partial charge is 0.394 e. The summed E-state index contributed by atoms with van der Waals surface area (Å²) in [4.78, 5) is 30.1. The second-order valence-corrected chi connectivity index (χ2v) is 8.88. The highest BCUT2D eigenvalue weighted by Crippen LogP contribution is 2.49. The molecule has 0 spiro atoms. The number of rotatable bonds is 3. The number of hydrogen-bond acceptors (Lipinski definition) is 3. The van der Waals surface area contributed by atoms with Crippen LogP contribution in [0.1, 0.15) is 53.9 Å². The smallest absolute Gasteiger partial charge is 0.257 e. The predicted molar refractivity (Wildman–Crippen MR) is 115 cm³/mol. The molecule has 1 N–H and O–H groups in total. The minimum Gasteiger partial charge on any atom is -0.394 e. The highest BCUT2D eigenvalue weighted by Gasteiger charge is 2.55. The molecule has 2 heterocycles. The van der Waals surface area contributed by atoms with E-state index in [0.29, 0.717) is 6.54 Å². The fraction of sp³-hybridized carbons (Fsp3) is 0.440. The Morgan fingerprint density at radius 1 is 1.00 bits per heavy atom. The first kappa shape index (κ1) is 20.2. The minimum absolute atomic E-state index is 0.00316. The van der Waals surface area contributed by atoms with Crippen LogP contribution >= 0.6 is 0 Å². The maximum Gasteiger partial charge on any atom is 0.257 e. The highest BCUT2D eigenvalue weighted by atomic mass is 19.1. The van der Waals surface area contributed by atoms with Crippen LogP contribution in [0, 0.1) is 11.7 Å². The molecule has 0 bridgehead atoms. The van der Waals surface area contributed by atoms with Crippen LogP contribution in [0.5, 0.6) is 0 Å². The van der Waals surface area contributed by atoms with Gasteiger partial charge in [0.25, 0.3) is 5.91 Å². The second kappa shape index (κ2) is 8.08. The van der Waals surface area contributed by atoms with E-state index in [1.54, 1.807) is 17.0 Å². The van der Waals surface area contributed by atoms with Gasteiger partial charge < -0.3 is 14.9 Å². The maximum atomic E-state index is 14.3. The van der Waals surface area contributed by atoms with E-state index in [2.05, 4.69) is 0 Å². The summed E-state index contributed by atoms with van der Waals surface area (Å²) in [5, 5.41) is 10.1.